The Morgan fingerprint density at radius 3 is 2.83 bits per heavy atom. The van der Waals surface area contributed by atoms with Crippen LogP contribution in [0.4, 0.5) is 0 Å². The van der Waals surface area contributed by atoms with Crippen LogP contribution in [0.5, 0.6) is 5.75 Å². The molecule has 0 saturated carbocycles. The van der Waals surface area contributed by atoms with Gasteiger partial charge in [0, 0.05) is 29.6 Å². The Kier molecular flexibility index (Phi) is 8.06. The highest BCUT2D eigenvalue weighted by Crippen LogP contribution is 2.29. The molecule has 0 radical (unpaired) electrons. The number of likely N-dealkylation sites (tertiary alicyclic amines) is 1. The van der Waals surface area contributed by atoms with Crippen LogP contribution in [0.25, 0.3) is 11.1 Å². The van der Waals surface area contributed by atoms with Crippen molar-refractivity contribution >= 4 is 36.4 Å². The van der Waals surface area contributed by atoms with E-state index in [0.29, 0.717) is 17.8 Å². The number of hydrogen-bond acceptors (Lipinski definition) is 4. The molecule has 0 aromatic carbocycles. The second-order valence-corrected chi connectivity index (χ2v) is 5.70. The number of aromatic nitrogens is 2. The molecular weight excluding hydrogens is 357 g/mol. The molecule has 4 nitrogen and oxygen atoms in total. The van der Waals surface area contributed by atoms with Gasteiger partial charge in [0.15, 0.2) is 0 Å². The number of hydrogen-bond donors (Lipinski definition) is 0. The van der Waals surface area contributed by atoms with E-state index in [1.807, 2.05) is 18.2 Å². The average molecular weight is 377 g/mol. The maximum atomic E-state index is 6.18. The quantitative estimate of drug-likeness (QED) is 0.753. The van der Waals surface area contributed by atoms with Crippen LogP contribution < -0.4 is 4.74 Å². The summed E-state index contributed by atoms with van der Waals surface area (Å²) in [4.78, 5) is 10.7. The van der Waals surface area contributed by atoms with Crippen LogP contribution in [0.2, 0.25) is 5.15 Å². The number of rotatable bonds is 4. The zero-order valence-corrected chi connectivity index (χ0v) is 15.2. The van der Waals surface area contributed by atoms with Gasteiger partial charge in [0.05, 0.1) is 6.20 Å². The fourth-order valence-corrected chi connectivity index (χ4v) is 2.83. The van der Waals surface area contributed by atoms with Crippen LogP contribution in [-0.2, 0) is 0 Å². The van der Waals surface area contributed by atoms with Gasteiger partial charge in [-0.2, -0.15) is 0 Å². The fourth-order valence-electron chi connectivity index (χ4n) is 2.61. The van der Waals surface area contributed by atoms with E-state index in [1.54, 1.807) is 18.6 Å². The van der Waals surface area contributed by atoms with Gasteiger partial charge in [0.25, 0.3) is 0 Å². The summed E-state index contributed by atoms with van der Waals surface area (Å²) in [6.45, 7) is 1.83. The monoisotopic (exact) mass is 375 g/mol. The molecular formula is C16H20Cl3N3O. The maximum Gasteiger partial charge on any atom is 0.138 e. The van der Waals surface area contributed by atoms with E-state index in [-0.39, 0.29) is 24.8 Å². The second-order valence-electron chi connectivity index (χ2n) is 5.34. The molecule has 1 aliphatic heterocycles. The molecule has 3 rings (SSSR count). The molecule has 0 unspecified atom stereocenters. The van der Waals surface area contributed by atoms with E-state index in [2.05, 4.69) is 21.9 Å². The van der Waals surface area contributed by atoms with E-state index in [4.69, 9.17) is 16.3 Å². The van der Waals surface area contributed by atoms with Gasteiger partial charge >= 0.3 is 0 Å². The zero-order chi connectivity index (χ0) is 14.7. The molecule has 0 N–H and O–H groups in total. The van der Waals surface area contributed by atoms with Crippen molar-refractivity contribution < 1.29 is 4.74 Å². The number of halogens is 3. The second kappa shape index (κ2) is 9.28. The first-order chi connectivity index (χ1) is 10.2. The molecule has 23 heavy (non-hydrogen) atoms. The van der Waals surface area contributed by atoms with Crippen molar-refractivity contribution in [2.45, 2.75) is 18.9 Å². The Balaban J connectivity index is 0.00000132. The smallest absolute Gasteiger partial charge is 0.138 e. The Labute approximate surface area is 154 Å². The van der Waals surface area contributed by atoms with Crippen LogP contribution in [0.1, 0.15) is 12.8 Å². The lowest BCUT2D eigenvalue weighted by Gasteiger charge is -2.19. The van der Waals surface area contributed by atoms with E-state index in [1.165, 1.54) is 12.8 Å². The fraction of sp³-hybridized carbons (Fsp3) is 0.375. The molecule has 1 saturated heterocycles. The summed E-state index contributed by atoms with van der Waals surface area (Å²) in [7, 11) is 2.14. The largest absolute Gasteiger partial charge is 0.490 e. The van der Waals surface area contributed by atoms with Crippen molar-refractivity contribution in [3.8, 4) is 16.9 Å². The first-order valence-electron chi connectivity index (χ1n) is 7.13. The summed E-state index contributed by atoms with van der Waals surface area (Å²) in [5.74, 6) is 0.749. The summed E-state index contributed by atoms with van der Waals surface area (Å²) < 4.78 is 5.89. The average Bonchev–Trinajstić information content (AvgIpc) is 2.93. The maximum absolute atomic E-state index is 6.18. The van der Waals surface area contributed by atoms with Gasteiger partial charge in [-0.25, -0.2) is 4.98 Å². The predicted molar refractivity (Wildman–Crippen MR) is 98.1 cm³/mol. The minimum Gasteiger partial charge on any atom is -0.490 e. The summed E-state index contributed by atoms with van der Waals surface area (Å²) in [5, 5.41) is 0.466. The number of likely N-dealkylation sites (N-methyl/N-ethyl adjacent to an activating group) is 1. The molecule has 0 aliphatic carbocycles. The third-order valence-electron chi connectivity index (χ3n) is 3.90. The number of ether oxygens (including phenoxy) is 1. The van der Waals surface area contributed by atoms with Gasteiger partial charge in [0.1, 0.15) is 17.5 Å². The number of pyridine rings is 2. The molecule has 1 aliphatic rings. The Bertz CT molecular complexity index is 613. The van der Waals surface area contributed by atoms with E-state index >= 15 is 0 Å². The van der Waals surface area contributed by atoms with Crippen molar-refractivity contribution in [1.29, 1.82) is 0 Å². The molecule has 3 heterocycles. The normalized spacial score (nSPS) is 17.2. The molecule has 2 aromatic heterocycles. The molecule has 0 bridgehead atoms. The van der Waals surface area contributed by atoms with Crippen LogP contribution >= 0.6 is 36.4 Å². The van der Waals surface area contributed by atoms with Crippen LogP contribution in [0, 0.1) is 0 Å². The van der Waals surface area contributed by atoms with E-state index < -0.39 is 0 Å². The Morgan fingerprint density at radius 1 is 1.35 bits per heavy atom. The van der Waals surface area contributed by atoms with Crippen molar-refractivity contribution in [3.05, 3.63) is 41.9 Å². The summed E-state index contributed by atoms with van der Waals surface area (Å²) in [6, 6.07) is 6.26. The predicted octanol–water partition coefficient (Wildman–Crippen LogP) is 4.11. The van der Waals surface area contributed by atoms with Gasteiger partial charge in [-0.15, -0.1) is 24.8 Å². The van der Waals surface area contributed by atoms with Crippen molar-refractivity contribution in [1.82, 2.24) is 14.9 Å². The van der Waals surface area contributed by atoms with Crippen molar-refractivity contribution in [2.24, 2.45) is 0 Å². The van der Waals surface area contributed by atoms with Gasteiger partial charge in [0.2, 0.25) is 0 Å². The minimum absolute atomic E-state index is 0. The zero-order valence-electron chi connectivity index (χ0n) is 12.8. The van der Waals surface area contributed by atoms with Gasteiger partial charge in [-0.1, -0.05) is 17.7 Å². The Hall–Kier alpha value is -1.07. The lowest BCUT2D eigenvalue weighted by atomic mass is 10.1. The molecule has 0 spiro atoms. The standard InChI is InChI=1S/C16H18ClN3O.2ClH/c1-20-7-3-5-13(20)11-21-14-8-15(16(17)19-10-14)12-4-2-6-18-9-12;;/h2,4,6,8-10,13H,3,5,7,11H2,1H3;2*1H/t13-;;/m0../s1. The van der Waals surface area contributed by atoms with Gasteiger partial charge in [-0.05, 0) is 38.6 Å². The lowest BCUT2D eigenvalue weighted by molar-refractivity contribution is 0.198. The van der Waals surface area contributed by atoms with Gasteiger partial charge < -0.3 is 9.64 Å². The first kappa shape index (κ1) is 20.0. The third kappa shape index (κ3) is 4.95. The molecule has 126 valence electrons. The SMILES string of the molecule is CN1CCC[C@H]1COc1cnc(Cl)c(-c2cccnc2)c1.Cl.Cl. The molecule has 2 aromatic rings. The van der Waals surface area contributed by atoms with Gasteiger partial charge in [-0.3, -0.25) is 4.98 Å². The molecule has 1 atom stereocenters. The summed E-state index contributed by atoms with van der Waals surface area (Å²) in [6.07, 6.45) is 7.62. The first-order valence-corrected chi connectivity index (χ1v) is 7.51. The van der Waals surface area contributed by atoms with Crippen LogP contribution in [0.3, 0.4) is 0 Å². The number of nitrogens with zero attached hydrogens (tertiary/aromatic N) is 3. The summed E-state index contributed by atoms with van der Waals surface area (Å²) >= 11 is 6.18. The topological polar surface area (TPSA) is 38.2 Å². The van der Waals surface area contributed by atoms with E-state index in [0.717, 1.165) is 23.4 Å². The lowest BCUT2D eigenvalue weighted by Crippen LogP contribution is -2.30. The highest BCUT2D eigenvalue weighted by molar-refractivity contribution is 6.32. The summed E-state index contributed by atoms with van der Waals surface area (Å²) in [5.41, 5.74) is 1.79. The third-order valence-corrected chi connectivity index (χ3v) is 4.20. The highest BCUT2D eigenvalue weighted by atomic mass is 35.5. The molecule has 1 fully saturated rings. The Morgan fingerprint density at radius 2 is 2.17 bits per heavy atom. The van der Waals surface area contributed by atoms with E-state index in [9.17, 15) is 0 Å². The van der Waals surface area contributed by atoms with Crippen molar-refractivity contribution in [3.63, 3.8) is 0 Å². The minimum atomic E-state index is 0. The molecule has 7 heteroatoms. The van der Waals surface area contributed by atoms with Crippen LogP contribution in [0.15, 0.2) is 36.8 Å². The van der Waals surface area contributed by atoms with Crippen LogP contribution in [-0.4, -0.2) is 41.1 Å². The van der Waals surface area contributed by atoms with Crippen molar-refractivity contribution in [2.75, 3.05) is 20.2 Å². The highest BCUT2D eigenvalue weighted by Gasteiger charge is 2.21. The molecule has 0 amide bonds.